The number of rotatable bonds is 6. The molecular weight excluding hydrogens is 423 g/mol. The van der Waals surface area contributed by atoms with Gasteiger partial charge in [-0.1, -0.05) is 23.2 Å². The lowest BCUT2D eigenvalue weighted by atomic mass is 10.2. The quantitative estimate of drug-likeness (QED) is 0.505. The van der Waals surface area contributed by atoms with Gasteiger partial charge < -0.3 is 15.1 Å². The third-order valence-corrected chi connectivity index (χ3v) is 4.18. The highest BCUT2D eigenvalue weighted by molar-refractivity contribution is 6.36. The van der Waals surface area contributed by atoms with Crippen molar-refractivity contribution < 1.29 is 23.6 Å². The minimum absolute atomic E-state index is 0.147. The second-order valence-corrected chi connectivity index (χ2v) is 6.76. The van der Waals surface area contributed by atoms with E-state index in [-0.39, 0.29) is 22.7 Å². The van der Waals surface area contributed by atoms with Gasteiger partial charge in [0, 0.05) is 5.02 Å². The van der Waals surface area contributed by atoms with E-state index < -0.39 is 30.2 Å². The highest BCUT2D eigenvalue weighted by Crippen LogP contribution is 2.20. The van der Waals surface area contributed by atoms with Crippen molar-refractivity contribution in [2.75, 3.05) is 13.1 Å². The minimum Gasteiger partial charge on any atom is -0.466 e. The molecule has 154 valence electrons. The van der Waals surface area contributed by atoms with Crippen LogP contribution in [0.1, 0.15) is 32.2 Å². The summed E-state index contributed by atoms with van der Waals surface area (Å²) in [6, 6.07) is 5.86. The molecule has 2 aromatic rings. The van der Waals surface area contributed by atoms with Crippen LogP contribution in [0.5, 0.6) is 0 Å². The van der Waals surface area contributed by atoms with Crippen LogP contribution in [-0.2, 0) is 9.59 Å². The Morgan fingerprint density at radius 3 is 2.17 bits per heavy atom. The first-order valence-electron chi connectivity index (χ1n) is 8.33. The SMILES string of the molecule is Cc1cc(C(=O)NNC(=O)CNC(=O)CNC(=O)c2ccc(Cl)cc2Cl)c(C)o1. The average molecular weight is 441 g/mol. The van der Waals surface area contributed by atoms with E-state index in [2.05, 4.69) is 21.5 Å². The fourth-order valence-electron chi connectivity index (χ4n) is 2.27. The molecule has 11 heteroatoms. The van der Waals surface area contributed by atoms with Crippen molar-refractivity contribution in [2.45, 2.75) is 13.8 Å². The molecule has 1 heterocycles. The topological polar surface area (TPSA) is 130 Å². The smallest absolute Gasteiger partial charge is 0.273 e. The summed E-state index contributed by atoms with van der Waals surface area (Å²) in [6.45, 7) is 2.54. The third kappa shape index (κ3) is 6.51. The van der Waals surface area contributed by atoms with Crippen LogP contribution in [0, 0.1) is 13.8 Å². The van der Waals surface area contributed by atoms with E-state index in [4.69, 9.17) is 27.6 Å². The molecule has 4 amide bonds. The largest absolute Gasteiger partial charge is 0.466 e. The number of amides is 4. The van der Waals surface area contributed by atoms with Crippen molar-refractivity contribution in [1.29, 1.82) is 0 Å². The molecule has 0 aliphatic carbocycles. The molecule has 0 bridgehead atoms. The van der Waals surface area contributed by atoms with E-state index in [9.17, 15) is 19.2 Å². The molecule has 0 aliphatic heterocycles. The Labute approximate surface area is 176 Å². The summed E-state index contributed by atoms with van der Waals surface area (Å²) in [4.78, 5) is 47.4. The molecule has 0 saturated carbocycles. The number of hydrazine groups is 1. The van der Waals surface area contributed by atoms with E-state index in [1.54, 1.807) is 13.8 Å². The van der Waals surface area contributed by atoms with Gasteiger partial charge in [-0.15, -0.1) is 0 Å². The van der Waals surface area contributed by atoms with Crippen molar-refractivity contribution in [2.24, 2.45) is 0 Å². The Morgan fingerprint density at radius 1 is 0.862 bits per heavy atom. The Bertz CT molecular complexity index is 958. The standard InChI is InChI=1S/C18H18Cl2N4O5/c1-9-5-13(10(2)29-9)18(28)24-23-16(26)8-21-15(25)7-22-17(27)12-4-3-11(19)6-14(12)20/h3-6H,7-8H2,1-2H3,(H,21,25)(H,22,27)(H,23,26)(H,24,28). The number of benzene rings is 1. The Hall–Kier alpha value is -3.04. The third-order valence-electron chi connectivity index (χ3n) is 3.63. The molecule has 0 unspecified atom stereocenters. The van der Waals surface area contributed by atoms with Gasteiger partial charge in [-0.25, -0.2) is 0 Å². The number of halogens is 2. The predicted molar refractivity (Wildman–Crippen MR) is 106 cm³/mol. The molecule has 0 radical (unpaired) electrons. The van der Waals surface area contributed by atoms with Gasteiger partial charge in [0.15, 0.2) is 0 Å². The number of hydrogen-bond donors (Lipinski definition) is 4. The first-order chi connectivity index (χ1) is 13.7. The monoisotopic (exact) mass is 440 g/mol. The zero-order chi connectivity index (χ0) is 21.6. The zero-order valence-corrected chi connectivity index (χ0v) is 17.0. The van der Waals surface area contributed by atoms with Crippen LogP contribution in [0.25, 0.3) is 0 Å². The lowest BCUT2D eigenvalue weighted by molar-refractivity contribution is -0.125. The molecule has 4 N–H and O–H groups in total. The second kappa shape index (κ2) is 9.94. The Morgan fingerprint density at radius 2 is 1.55 bits per heavy atom. The maximum Gasteiger partial charge on any atom is 0.273 e. The fourth-order valence-corrected chi connectivity index (χ4v) is 2.76. The van der Waals surface area contributed by atoms with Crippen LogP contribution in [0.4, 0.5) is 0 Å². The van der Waals surface area contributed by atoms with Crippen molar-refractivity contribution >= 4 is 46.8 Å². The number of furan rings is 1. The zero-order valence-electron chi connectivity index (χ0n) is 15.5. The summed E-state index contributed by atoms with van der Waals surface area (Å²) in [7, 11) is 0. The van der Waals surface area contributed by atoms with Gasteiger partial charge in [0.2, 0.25) is 5.91 Å². The van der Waals surface area contributed by atoms with E-state index in [0.29, 0.717) is 16.5 Å². The van der Waals surface area contributed by atoms with Gasteiger partial charge in [-0.3, -0.25) is 30.0 Å². The molecular formula is C18H18Cl2N4O5. The van der Waals surface area contributed by atoms with Gasteiger partial charge in [0.1, 0.15) is 11.5 Å². The van der Waals surface area contributed by atoms with Crippen LogP contribution in [0.15, 0.2) is 28.7 Å². The number of hydrogen-bond acceptors (Lipinski definition) is 5. The Balaban J connectivity index is 1.71. The average Bonchev–Trinajstić information content (AvgIpc) is 3.00. The summed E-state index contributed by atoms with van der Waals surface area (Å²) in [5, 5.41) is 5.20. The molecule has 0 atom stereocenters. The minimum atomic E-state index is -0.656. The summed E-state index contributed by atoms with van der Waals surface area (Å²) in [6.07, 6.45) is 0. The lowest BCUT2D eigenvalue weighted by Crippen LogP contribution is -2.47. The normalized spacial score (nSPS) is 10.2. The van der Waals surface area contributed by atoms with Crippen molar-refractivity contribution in [3.05, 3.63) is 57.0 Å². The van der Waals surface area contributed by atoms with E-state index in [1.165, 1.54) is 24.3 Å². The van der Waals surface area contributed by atoms with Crippen molar-refractivity contribution in [3.63, 3.8) is 0 Å². The van der Waals surface area contributed by atoms with Gasteiger partial charge in [-0.2, -0.15) is 0 Å². The number of carbonyl (C=O) groups excluding carboxylic acids is 4. The van der Waals surface area contributed by atoms with Gasteiger partial charge in [0.05, 0.1) is 29.2 Å². The maximum atomic E-state index is 12.0. The van der Waals surface area contributed by atoms with Crippen LogP contribution in [0.3, 0.4) is 0 Å². The van der Waals surface area contributed by atoms with Gasteiger partial charge >= 0.3 is 0 Å². The van der Waals surface area contributed by atoms with Crippen molar-refractivity contribution in [3.8, 4) is 0 Å². The van der Waals surface area contributed by atoms with Gasteiger partial charge in [0.25, 0.3) is 17.7 Å². The van der Waals surface area contributed by atoms with Gasteiger partial charge in [-0.05, 0) is 38.1 Å². The lowest BCUT2D eigenvalue weighted by Gasteiger charge is -2.09. The second-order valence-electron chi connectivity index (χ2n) is 5.91. The first-order valence-corrected chi connectivity index (χ1v) is 9.09. The highest BCUT2D eigenvalue weighted by atomic mass is 35.5. The summed E-state index contributed by atoms with van der Waals surface area (Å²) in [5.74, 6) is -1.40. The fraction of sp³-hybridized carbons (Fsp3) is 0.222. The molecule has 1 aromatic heterocycles. The van der Waals surface area contributed by atoms with Crippen LogP contribution >= 0.6 is 23.2 Å². The summed E-state index contributed by atoms with van der Waals surface area (Å²) in [5.41, 5.74) is 4.83. The first kappa shape index (κ1) is 22.3. The molecule has 0 fully saturated rings. The highest BCUT2D eigenvalue weighted by Gasteiger charge is 2.15. The number of aryl methyl sites for hydroxylation is 2. The molecule has 0 aliphatic rings. The maximum absolute atomic E-state index is 12.0. The molecule has 1 aromatic carbocycles. The Kier molecular flexibility index (Phi) is 7.63. The van der Waals surface area contributed by atoms with Crippen molar-refractivity contribution in [1.82, 2.24) is 21.5 Å². The molecule has 0 saturated heterocycles. The van der Waals surface area contributed by atoms with E-state index in [0.717, 1.165) is 0 Å². The molecule has 29 heavy (non-hydrogen) atoms. The number of carbonyl (C=O) groups is 4. The van der Waals surface area contributed by atoms with Crippen LogP contribution < -0.4 is 21.5 Å². The van der Waals surface area contributed by atoms with Crippen LogP contribution in [0.2, 0.25) is 10.0 Å². The summed E-state index contributed by atoms with van der Waals surface area (Å²) < 4.78 is 5.23. The van der Waals surface area contributed by atoms with E-state index >= 15 is 0 Å². The van der Waals surface area contributed by atoms with E-state index in [1.807, 2.05) is 0 Å². The summed E-state index contributed by atoms with van der Waals surface area (Å²) >= 11 is 11.7. The molecule has 0 spiro atoms. The van der Waals surface area contributed by atoms with Crippen LogP contribution in [-0.4, -0.2) is 36.7 Å². The number of nitrogens with one attached hydrogen (secondary N) is 4. The predicted octanol–water partition coefficient (Wildman–Crippen LogP) is 1.51. The molecule has 2 rings (SSSR count). The molecule has 9 nitrogen and oxygen atoms in total.